The molecule has 0 atom stereocenters. The Bertz CT molecular complexity index is 748. The molecule has 2 heterocycles. The second-order valence-electron chi connectivity index (χ2n) is 5.71. The van der Waals surface area contributed by atoms with Gasteiger partial charge in [-0.15, -0.1) is 0 Å². The molecule has 1 aromatic heterocycles. The molecule has 1 aromatic carbocycles. The topological polar surface area (TPSA) is 88.8 Å². The molecule has 2 aromatic rings. The van der Waals surface area contributed by atoms with Gasteiger partial charge in [-0.25, -0.2) is 0 Å². The van der Waals surface area contributed by atoms with Crippen LogP contribution in [0.15, 0.2) is 28.7 Å². The van der Waals surface area contributed by atoms with Gasteiger partial charge in [-0.05, 0) is 37.1 Å². The van der Waals surface area contributed by atoms with Crippen LogP contribution in [0.2, 0.25) is 5.02 Å². The quantitative estimate of drug-likeness (QED) is 0.895. The van der Waals surface area contributed by atoms with Gasteiger partial charge < -0.3 is 19.6 Å². The van der Waals surface area contributed by atoms with Crippen LogP contribution < -0.4 is 5.32 Å². The minimum absolute atomic E-state index is 0.138. The van der Waals surface area contributed by atoms with Crippen LogP contribution in [0.1, 0.15) is 29.8 Å². The molecule has 1 aliphatic heterocycles. The second kappa shape index (κ2) is 6.22. The van der Waals surface area contributed by atoms with E-state index in [9.17, 15) is 9.59 Å². The van der Waals surface area contributed by atoms with Crippen LogP contribution in [-0.2, 0) is 9.53 Å². The number of carbonyl (C=O) groups is 2. The third-order valence-electron chi connectivity index (χ3n) is 4.02. The van der Waals surface area contributed by atoms with Crippen molar-refractivity contribution >= 4 is 34.4 Å². The molecule has 2 N–H and O–H groups in total. The molecule has 0 spiro atoms. The molecular formula is C16H16ClNO5. The number of aliphatic carboxylic acids is 1. The molecule has 1 aliphatic rings. The molecule has 1 amide bonds. The first-order valence-corrected chi connectivity index (χ1v) is 7.66. The SMILES string of the molecule is O=C(O)CC1(NC(=O)c2cc3cc(Cl)ccc3o2)CCOCC1. The molecule has 23 heavy (non-hydrogen) atoms. The smallest absolute Gasteiger partial charge is 0.305 e. The Morgan fingerprint density at radius 3 is 2.70 bits per heavy atom. The van der Waals surface area contributed by atoms with Gasteiger partial charge in [0.25, 0.3) is 5.91 Å². The summed E-state index contributed by atoms with van der Waals surface area (Å²) in [6.07, 6.45) is 0.766. The van der Waals surface area contributed by atoms with Crippen molar-refractivity contribution in [1.29, 1.82) is 0 Å². The number of carbonyl (C=O) groups excluding carboxylic acids is 1. The fourth-order valence-electron chi connectivity index (χ4n) is 2.83. The fraction of sp³-hybridized carbons (Fsp3) is 0.375. The van der Waals surface area contributed by atoms with E-state index in [0.29, 0.717) is 36.7 Å². The number of hydrogen-bond donors (Lipinski definition) is 2. The Morgan fingerprint density at radius 1 is 1.26 bits per heavy atom. The van der Waals surface area contributed by atoms with Crippen molar-refractivity contribution in [2.45, 2.75) is 24.8 Å². The number of hydrogen-bond acceptors (Lipinski definition) is 4. The summed E-state index contributed by atoms with van der Waals surface area (Å²) in [6, 6.07) is 6.68. The van der Waals surface area contributed by atoms with Crippen molar-refractivity contribution < 1.29 is 23.8 Å². The van der Waals surface area contributed by atoms with E-state index in [4.69, 9.17) is 25.9 Å². The Hall–Kier alpha value is -2.05. The van der Waals surface area contributed by atoms with E-state index in [1.807, 2.05) is 0 Å². The van der Waals surface area contributed by atoms with Crippen LogP contribution in [0, 0.1) is 0 Å². The molecule has 3 rings (SSSR count). The molecule has 7 heteroatoms. The Kier molecular flexibility index (Phi) is 4.28. The number of benzene rings is 1. The van der Waals surface area contributed by atoms with Gasteiger partial charge in [0.05, 0.1) is 12.0 Å². The molecule has 122 valence electrons. The maximum atomic E-state index is 12.5. The lowest BCUT2D eigenvalue weighted by atomic mass is 9.86. The Labute approximate surface area is 137 Å². The van der Waals surface area contributed by atoms with Gasteiger partial charge in [-0.2, -0.15) is 0 Å². The van der Waals surface area contributed by atoms with Gasteiger partial charge in [0.1, 0.15) is 5.58 Å². The molecule has 0 saturated carbocycles. The molecule has 1 fully saturated rings. The average molecular weight is 338 g/mol. The standard InChI is InChI=1S/C16H16ClNO5/c17-11-1-2-12-10(7-11)8-13(23-12)15(21)18-16(9-14(19)20)3-5-22-6-4-16/h1-2,7-8H,3-6,9H2,(H,18,21)(H,19,20). The number of nitrogens with one attached hydrogen (secondary N) is 1. The lowest BCUT2D eigenvalue weighted by Crippen LogP contribution is -2.53. The minimum Gasteiger partial charge on any atom is -0.481 e. The van der Waals surface area contributed by atoms with E-state index in [-0.39, 0.29) is 12.2 Å². The molecule has 6 nitrogen and oxygen atoms in total. The van der Waals surface area contributed by atoms with Crippen molar-refractivity contribution in [2.24, 2.45) is 0 Å². The number of halogens is 1. The number of rotatable bonds is 4. The average Bonchev–Trinajstić information content (AvgIpc) is 2.90. The normalized spacial score (nSPS) is 17.1. The third-order valence-corrected chi connectivity index (χ3v) is 4.26. The van der Waals surface area contributed by atoms with E-state index < -0.39 is 17.4 Å². The zero-order chi connectivity index (χ0) is 16.4. The minimum atomic E-state index is -0.955. The highest BCUT2D eigenvalue weighted by Crippen LogP contribution is 2.27. The first-order valence-electron chi connectivity index (χ1n) is 7.29. The number of carboxylic acid groups (broad SMARTS) is 1. The van der Waals surface area contributed by atoms with Gasteiger partial charge in [-0.3, -0.25) is 9.59 Å². The zero-order valence-corrected chi connectivity index (χ0v) is 13.1. The highest BCUT2D eigenvalue weighted by molar-refractivity contribution is 6.31. The highest BCUT2D eigenvalue weighted by Gasteiger charge is 2.37. The van der Waals surface area contributed by atoms with Crippen molar-refractivity contribution in [3.05, 3.63) is 35.0 Å². The van der Waals surface area contributed by atoms with E-state index in [0.717, 1.165) is 5.39 Å². The molecule has 0 radical (unpaired) electrons. The number of fused-ring (bicyclic) bond motifs is 1. The van der Waals surface area contributed by atoms with Crippen molar-refractivity contribution in [3.8, 4) is 0 Å². The van der Waals surface area contributed by atoms with Crippen LogP contribution >= 0.6 is 11.6 Å². The summed E-state index contributed by atoms with van der Waals surface area (Å²) in [5.74, 6) is -1.25. The summed E-state index contributed by atoms with van der Waals surface area (Å²) in [4.78, 5) is 23.6. The summed E-state index contributed by atoms with van der Waals surface area (Å²) < 4.78 is 10.8. The second-order valence-corrected chi connectivity index (χ2v) is 6.15. The molecule has 0 bridgehead atoms. The van der Waals surface area contributed by atoms with E-state index >= 15 is 0 Å². The van der Waals surface area contributed by atoms with Crippen LogP contribution in [0.3, 0.4) is 0 Å². The molecule has 1 saturated heterocycles. The van der Waals surface area contributed by atoms with Gasteiger partial charge in [0, 0.05) is 23.6 Å². The van der Waals surface area contributed by atoms with Gasteiger partial charge in [0.2, 0.25) is 0 Å². The maximum absolute atomic E-state index is 12.5. The maximum Gasteiger partial charge on any atom is 0.305 e. The number of furan rings is 1. The van der Waals surface area contributed by atoms with Crippen LogP contribution in [0.4, 0.5) is 0 Å². The Morgan fingerprint density at radius 2 is 2.00 bits per heavy atom. The van der Waals surface area contributed by atoms with Crippen molar-refractivity contribution in [3.63, 3.8) is 0 Å². The largest absolute Gasteiger partial charge is 0.481 e. The summed E-state index contributed by atoms with van der Waals surface area (Å²) in [5, 5.41) is 13.2. The van der Waals surface area contributed by atoms with Crippen LogP contribution in [-0.4, -0.2) is 35.7 Å². The van der Waals surface area contributed by atoms with E-state index in [2.05, 4.69) is 5.32 Å². The van der Waals surface area contributed by atoms with Gasteiger partial charge >= 0.3 is 5.97 Å². The molecular weight excluding hydrogens is 322 g/mol. The zero-order valence-electron chi connectivity index (χ0n) is 12.3. The number of carboxylic acids is 1. The number of ether oxygens (including phenoxy) is 1. The predicted octanol–water partition coefficient (Wildman–Crippen LogP) is 2.84. The van der Waals surface area contributed by atoms with Crippen LogP contribution in [0.5, 0.6) is 0 Å². The molecule has 0 unspecified atom stereocenters. The van der Waals surface area contributed by atoms with Gasteiger partial charge in [-0.1, -0.05) is 11.6 Å². The summed E-state index contributed by atoms with van der Waals surface area (Å²) in [7, 11) is 0. The van der Waals surface area contributed by atoms with E-state index in [1.165, 1.54) is 0 Å². The van der Waals surface area contributed by atoms with Gasteiger partial charge in [0.15, 0.2) is 5.76 Å². The number of amides is 1. The molecule has 0 aliphatic carbocycles. The van der Waals surface area contributed by atoms with E-state index in [1.54, 1.807) is 24.3 Å². The first kappa shape index (κ1) is 15.8. The Balaban J connectivity index is 1.83. The lowest BCUT2D eigenvalue weighted by molar-refractivity contribution is -0.139. The monoisotopic (exact) mass is 337 g/mol. The van der Waals surface area contributed by atoms with Crippen molar-refractivity contribution in [2.75, 3.05) is 13.2 Å². The fourth-order valence-corrected chi connectivity index (χ4v) is 3.01. The predicted molar refractivity (Wildman–Crippen MR) is 83.7 cm³/mol. The summed E-state index contributed by atoms with van der Waals surface area (Å²) in [5.41, 5.74) is -0.253. The summed E-state index contributed by atoms with van der Waals surface area (Å²) in [6.45, 7) is 0.840. The first-order chi connectivity index (χ1) is 11.0. The lowest BCUT2D eigenvalue weighted by Gasteiger charge is -2.36. The third kappa shape index (κ3) is 3.48. The van der Waals surface area contributed by atoms with Crippen LogP contribution in [0.25, 0.3) is 11.0 Å². The highest BCUT2D eigenvalue weighted by atomic mass is 35.5. The summed E-state index contributed by atoms with van der Waals surface area (Å²) >= 11 is 5.92. The van der Waals surface area contributed by atoms with Crippen molar-refractivity contribution in [1.82, 2.24) is 5.32 Å².